The standard InChI is InChI=1S/C27H36N4O2/c1-26(2,3)24(32)30-22(20-14-9-7-10-15-20)28-18-13-19-29-23(21-16-11-8-12-17-21)31-25(33)27(4,5)6/h7-12,14-17H,13,18-19H2,1-6H3,(H,28,30,32)(H,29,31,33). The third-order valence-electron chi connectivity index (χ3n) is 4.78. The molecule has 33 heavy (non-hydrogen) atoms. The lowest BCUT2D eigenvalue weighted by Crippen LogP contribution is -2.39. The van der Waals surface area contributed by atoms with Gasteiger partial charge in [0.1, 0.15) is 11.7 Å². The van der Waals surface area contributed by atoms with Gasteiger partial charge in [-0.05, 0) is 6.42 Å². The summed E-state index contributed by atoms with van der Waals surface area (Å²) in [5.74, 6) is 0.950. The van der Waals surface area contributed by atoms with E-state index in [0.29, 0.717) is 31.2 Å². The van der Waals surface area contributed by atoms with Crippen LogP contribution in [0.25, 0.3) is 0 Å². The Morgan fingerprint density at radius 3 is 1.27 bits per heavy atom. The molecule has 0 bridgehead atoms. The van der Waals surface area contributed by atoms with Crippen LogP contribution in [-0.2, 0) is 9.59 Å². The molecule has 2 aromatic rings. The minimum absolute atomic E-state index is 0.0839. The average molecular weight is 449 g/mol. The van der Waals surface area contributed by atoms with Crippen molar-refractivity contribution in [1.29, 1.82) is 0 Å². The summed E-state index contributed by atoms with van der Waals surface area (Å²) in [6, 6.07) is 19.2. The van der Waals surface area contributed by atoms with Crippen molar-refractivity contribution in [3.05, 3.63) is 71.8 Å². The monoisotopic (exact) mass is 448 g/mol. The van der Waals surface area contributed by atoms with Crippen LogP contribution < -0.4 is 10.6 Å². The Hall–Kier alpha value is -3.28. The number of nitrogens with one attached hydrogen (secondary N) is 2. The smallest absolute Gasteiger partial charge is 0.230 e. The second-order valence-corrected chi connectivity index (χ2v) is 9.95. The van der Waals surface area contributed by atoms with Crippen LogP contribution in [-0.4, -0.2) is 36.6 Å². The molecule has 0 heterocycles. The molecule has 2 rings (SSSR count). The molecule has 0 aromatic heterocycles. The van der Waals surface area contributed by atoms with E-state index >= 15 is 0 Å². The molecule has 6 nitrogen and oxygen atoms in total. The van der Waals surface area contributed by atoms with Gasteiger partial charge in [-0.15, -0.1) is 0 Å². The molecule has 6 heteroatoms. The van der Waals surface area contributed by atoms with Gasteiger partial charge in [0.05, 0.1) is 0 Å². The van der Waals surface area contributed by atoms with E-state index in [0.717, 1.165) is 11.1 Å². The molecule has 0 aliphatic heterocycles. The summed E-state index contributed by atoms with van der Waals surface area (Å²) >= 11 is 0. The number of hydrogen-bond donors (Lipinski definition) is 2. The molecule has 0 unspecified atom stereocenters. The molecule has 2 aromatic carbocycles. The Morgan fingerprint density at radius 2 is 0.970 bits per heavy atom. The van der Waals surface area contributed by atoms with Crippen LogP contribution in [0, 0.1) is 10.8 Å². The highest BCUT2D eigenvalue weighted by molar-refractivity contribution is 6.09. The first-order valence-electron chi connectivity index (χ1n) is 11.3. The van der Waals surface area contributed by atoms with Gasteiger partial charge in [0.2, 0.25) is 11.8 Å². The lowest BCUT2D eigenvalue weighted by atomic mass is 9.95. The van der Waals surface area contributed by atoms with Gasteiger partial charge < -0.3 is 10.6 Å². The fourth-order valence-corrected chi connectivity index (χ4v) is 2.64. The van der Waals surface area contributed by atoms with Crippen molar-refractivity contribution in [2.24, 2.45) is 20.8 Å². The highest BCUT2D eigenvalue weighted by Gasteiger charge is 2.23. The van der Waals surface area contributed by atoms with E-state index in [9.17, 15) is 9.59 Å². The molecule has 0 spiro atoms. The zero-order valence-corrected chi connectivity index (χ0v) is 20.6. The molecule has 2 N–H and O–H groups in total. The van der Waals surface area contributed by atoms with Gasteiger partial charge in [-0.3, -0.25) is 19.6 Å². The van der Waals surface area contributed by atoms with Crippen molar-refractivity contribution in [3.8, 4) is 0 Å². The lowest BCUT2D eigenvalue weighted by molar-refractivity contribution is -0.127. The van der Waals surface area contributed by atoms with Gasteiger partial charge in [-0.2, -0.15) is 0 Å². The number of rotatable bonds is 6. The van der Waals surface area contributed by atoms with Crippen molar-refractivity contribution in [1.82, 2.24) is 10.6 Å². The van der Waals surface area contributed by atoms with Gasteiger partial charge >= 0.3 is 0 Å². The molecular weight excluding hydrogens is 412 g/mol. The fraction of sp³-hybridized carbons (Fsp3) is 0.407. The maximum Gasteiger partial charge on any atom is 0.230 e. The van der Waals surface area contributed by atoms with E-state index in [4.69, 9.17) is 0 Å². The predicted octanol–water partition coefficient (Wildman–Crippen LogP) is 4.59. The minimum Gasteiger partial charge on any atom is -0.310 e. The van der Waals surface area contributed by atoms with Crippen LogP contribution in [0.4, 0.5) is 0 Å². The number of nitrogens with zero attached hydrogens (tertiary/aromatic N) is 2. The molecule has 176 valence electrons. The summed E-state index contributed by atoms with van der Waals surface area (Å²) in [6.45, 7) is 12.2. The fourth-order valence-electron chi connectivity index (χ4n) is 2.64. The topological polar surface area (TPSA) is 82.9 Å². The first-order valence-corrected chi connectivity index (χ1v) is 11.3. The van der Waals surface area contributed by atoms with Crippen molar-refractivity contribution < 1.29 is 9.59 Å². The first-order chi connectivity index (χ1) is 15.5. The van der Waals surface area contributed by atoms with Crippen LogP contribution in [0.2, 0.25) is 0 Å². The molecule has 0 aliphatic rings. The number of carbonyl (C=O) groups is 2. The number of amides is 2. The maximum absolute atomic E-state index is 12.5. The summed E-state index contributed by atoms with van der Waals surface area (Å²) in [6.07, 6.45) is 0.670. The molecule has 2 amide bonds. The van der Waals surface area contributed by atoms with E-state index in [2.05, 4.69) is 20.6 Å². The van der Waals surface area contributed by atoms with Crippen LogP contribution in [0.1, 0.15) is 59.1 Å². The van der Waals surface area contributed by atoms with E-state index in [1.807, 2.05) is 102 Å². The van der Waals surface area contributed by atoms with Gasteiger partial charge in [-0.1, -0.05) is 102 Å². The second kappa shape index (κ2) is 11.5. The van der Waals surface area contributed by atoms with E-state index in [-0.39, 0.29) is 11.8 Å². The predicted molar refractivity (Wildman–Crippen MR) is 136 cm³/mol. The summed E-state index contributed by atoms with van der Waals surface area (Å²) in [5, 5.41) is 5.92. The van der Waals surface area contributed by atoms with Crippen molar-refractivity contribution in [2.75, 3.05) is 13.1 Å². The Morgan fingerprint density at radius 1 is 0.636 bits per heavy atom. The lowest BCUT2D eigenvalue weighted by Gasteiger charge is -2.19. The molecule has 0 fully saturated rings. The highest BCUT2D eigenvalue weighted by atomic mass is 16.2. The average Bonchev–Trinajstić information content (AvgIpc) is 2.76. The number of carbonyl (C=O) groups excluding carboxylic acids is 2. The summed E-state index contributed by atoms with van der Waals surface area (Å²) < 4.78 is 0. The molecule has 0 radical (unpaired) electrons. The zero-order chi connectivity index (χ0) is 24.5. The Kier molecular flexibility index (Phi) is 9.09. The van der Waals surface area contributed by atoms with Crippen LogP contribution in [0.5, 0.6) is 0 Å². The van der Waals surface area contributed by atoms with E-state index < -0.39 is 10.8 Å². The van der Waals surface area contributed by atoms with Crippen molar-refractivity contribution in [3.63, 3.8) is 0 Å². The van der Waals surface area contributed by atoms with E-state index in [1.165, 1.54) is 0 Å². The van der Waals surface area contributed by atoms with Crippen LogP contribution >= 0.6 is 0 Å². The largest absolute Gasteiger partial charge is 0.310 e. The minimum atomic E-state index is -0.518. The van der Waals surface area contributed by atoms with Crippen LogP contribution in [0.3, 0.4) is 0 Å². The number of benzene rings is 2. The second-order valence-electron chi connectivity index (χ2n) is 9.95. The number of hydrogen-bond acceptors (Lipinski definition) is 4. The number of amidine groups is 2. The third-order valence-corrected chi connectivity index (χ3v) is 4.78. The van der Waals surface area contributed by atoms with Crippen molar-refractivity contribution in [2.45, 2.75) is 48.0 Å². The molecule has 0 saturated heterocycles. The number of aliphatic imine (C=N–C) groups is 2. The van der Waals surface area contributed by atoms with Crippen LogP contribution in [0.15, 0.2) is 70.6 Å². The van der Waals surface area contributed by atoms with Gasteiger partial charge in [0.15, 0.2) is 0 Å². The Labute approximate surface area is 197 Å². The first kappa shape index (κ1) is 26.0. The normalized spacial score (nSPS) is 12.9. The Balaban J connectivity index is 2.12. The zero-order valence-electron chi connectivity index (χ0n) is 20.6. The van der Waals surface area contributed by atoms with Crippen molar-refractivity contribution >= 4 is 23.5 Å². The molecule has 0 atom stereocenters. The third kappa shape index (κ3) is 8.64. The Bertz CT molecular complexity index is 901. The summed E-state index contributed by atoms with van der Waals surface area (Å²) in [5.41, 5.74) is 0.688. The maximum atomic E-state index is 12.5. The molecular formula is C27H36N4O2. The van der Waals surface area contributed by atoms with Gasteiger partial charge in [0.25, 0.3) is 0 Å². The quantitative estimate of drug-likeness (QED) is 0.385. The molecule has 0 saturated carbocycles. The van der Waals surface area contributed by atoms with Gasteiger partial charge in [0, 0.05) is 35.0 Å². The van der Waals surface area contributed by atoms with E-state index in [1.54, 1.807) is 0 Å². The SMILES string of the molecule is CC(C)(C)C(=O)NC(=NCCCN=C(NC(=O)C(C)(C)C)c1ccccc1)c1ccccc1. The van der Waals surface area contributed by atoms with Gasteiger partial charge in [-0.25, -0.2) is 0 Å². The summed E-state index contributed by atoms with van der Waals surface area (Å²) in [7, 11) is 0. The molecule has 0 aliphatic carbocycles. The highest BCUT2D eigenvalue weighted by Crippen LogP contribution is 2.14. The summed E-state index contributed by atoms with van der Waals surface area (Å²) in [4.78, 5) is 34.3.